The number of fused-ring (bicyclic) bond motifs is 1. The number of nitrogens with zero attached hydrogens (tertiary/aromatic N) is 3. The molecule has 0 unspecified atom stereocenters. The van der Waals surface area contributed by atoms with Crippen molar-refractivity contribution in [3.63, 3.8) is 0 Å². The van der Waals surface area contributed by atoms with E-state index in [-0.39, 0.29) is 17.9 Å². The molecule has 0 N–H and O–H groups in total. The normalized spacial score (nSPS) is 11.0. The lowest BCUT2D eigenvalue weighted by molar-refractivity contribution is 0.0781. The molecular formula is C17H16FN3O2S. The molecule has 7 heteroatoms. The van der Waals surface area contributed by atoms with Crippen LogP contribution in [0.15, 0.2) is 35.3 Å². The van der Waals surface area contributed by atoms with Gasteiger partial charge in [-0.15, -0.1) is 11.3 Å². The van der Waals surface area contributed by atoms with E-state index in [1.165, 1.54) is 39.9 Å². The van der Waals surface area contributed by atoms with Crippen LogP contribution in [0.5, 0.6) is 0 Å². The first-order valence-electron chi connectivity index (χ1n) is 7.36. The van der Waals surface area contributed by atoms with Crippen molar-refractivity contribution in [1.82, 2.24) is 14.3 Å². The molecule has 0 saturated heterocycles. The molecule has 0 aliphatic heterocycles. The maximum Gasteiger partial charge on any atom is 0.271 e. The number of hydrogen-bond donors (Lipinski definition) is 0. The van der Waals surface area contributed by atoms with Crippen LogP contribution in [-0.4, -0.2) is 27.2 Å². The van der Waals surface area contributed by atoms with Crippen LogP contribution in [0.3, 0.4) is 0 Å². The maximum atomic E-state index is 13.7. The molecule has 0 fully saturated rings. The Bertz CT molecular complexity index is 993. The minimum atomic E-state index is -0.478. The fraction of sp³-hybridized carbons (Fsp3) is 0.235. The largest absolute Gasteiger partial charge is 0.337 e. The minimum Gasteiger partial charge on any atom is -0.337 e. The van der Waals surface area contributed by atoms with Gasteiger partial charge in [-0.3, -0.25) is 14.0 Å². The van der Waals surface area contributed by atoms with Crippen molar-refractivity contribution in [2.24, 2.45) is 0 Å². The number of aryl methyl sites for hydroxylation is 2. The predicted molar refractivity (Wildman–Crippen MR) is 91.0 cm³/mol. The number of thiazole rings is 1. The van der Waals surface area contributed by atoms with Gasteiger partial charge in [0.15, 0.2) is 4.96 Å². The molecular weight excluding hydrogens is 329 g/mol. The number of amides is 1. The lowest BCUT2D eigenvalue weighted by Crippen LogP contribution is -2.33. The van der Waals surface area contributed by atoms with Gasteiger partial charge in [0, 0.05) is 35.9 Å². The molecule has 5 nitrogen and oxygen atoms in total. The summed E-state index contributed by atoms with van der Waals surface area (Å²) in [4.78, 5) is 32.3. The SMILES string of the molecule is Cc1sc2ncc(C(=O)N(C)Cc3ccccc3F)c(=O)n2c1C. The summed E-state index contributed by atoms with van der Waals surface area (Å²) in [6.45, 7) is 3.80. The van der Waals surface area contributed by atoms with Gasteiger partial charge in [-0.2, -0.15) is 0 Å². The predicted octanol–water partition coefficient (Wildman–Crippen LogP) is 2.78. The summed E-state index contributed by atoms with van der Waals surface area (Å²) in [5, 5.41) is 0. The topological polar surface area (TPSA) is 54.7 Å². The average Bonchev–Trinajstić information content (AvgIpc) is 2.84. The Morgan fingerprint density at radius 2 is 2.04 bits per heavy atom. The molecule has 2 aromatic heterocycles. The maximum absolute atomic E-state index is 13.7. The smallest absolute Gasteiger partial charge is 0.271 e. The van der Waals surface area contributed by atoms with Crippen molar-refractivity contribution >= 4 is 22.2 Å². The van der Waals surface area contributed by atoms with Crippen LogP contribution in [-0.2, 0) is 6.54 Å². The monoisotopic (exact) mass is 345 g/mol. The van der Waals surface area contributed by atoms with Gasteiger partial charge in [0.25, 0.3) is 11.5 Å². The lowest BCUT2D eigenvalue weighted by atomic mass is 10.2. The second-order valence-electron chi connectivity index (χ2n) is 5.59. The van der Waals surface area contributed by atoms with E-state index in [0.717, 1.165) is 10.6 Å². The van der Waals surface area contributed by atoms with Crippen molar-refractivity contribution in [2.45, 2.75) is 20.4 Å². The van der Waals surface area contributed by atoms with Crippen molar-refractivity contribution < 1.29 is 9.18 Å². The fourth-order valence-electron chi connectivity index (χ4n) is 2.48. The average molecular weight is 345 g/mol. The van der Waals surface area contributed by atoms with Crippen molar-refractivity contribution in [2.75, 3.05) is 7.05 Å². The molecule has 2 heterocycles. The Balaban J connectivity index is 1.96. The molecule has 0 aliphatic rings. The second kappa shape index (κ2) is 6.16. The summed E-state index contributed by atoms with van der Waals surface area (Å²) in [6, 6.07) is 6.25. The highest BCUT2D eigenvalue weighted by Crippen LogP contribution is 2.18. The molecule has 3 rings (SSSR count). The fourth-order valence-corrected chi connectivity index (χ4v) is 3.41. The molecule has 0 radical (unpaired) electrons. The lowest BCUT2D eigenvalue weighted by Gasteiger charge is -2.17. The van der Waals surface area contributed by atoms with E-state index >= 15 is 0 Å². The number of carbonyl (C=O) groups excluding carboxylic acids is 1. The van der Waals surface area contributed by atoms with Gasteiger partial charge < -0.3 is 4.90 Å². The zero-order chi connectivity index (χ0) is 17.4. The van der Waals surface area contributed by atoms with E-state index in [2.05, 4.69) is 4.98 Å². The van der Waals surface area contributed by atoms with Crippen molar-refractivity contribution in [3.8, 4) is 0 Å². The van der Waals surface area contributed by atoms with Gasteiger partial charge >= 0.3 is 0 Å². The summed E-state index contributed by atoms with van der Waals surface area (Å²) in [6.07, 6.45) is 1.30. The summed E-state index contributed by atoms with van der Waals surface area (Å²) in [5.74, 6) is -0.861. The number of aromatic nitrogens is 2. The van der Waals surface area contributed by atoms with Gasteiger partial charge in [-0.05, 0) is 19.9 Å². The third kappa shape index (κ3) is 2.71. The quantitative estimate of drug-likeness (QED) is 0.733. The highest BCUT2D eigenvalue weighted by molar-refractivity contribution is 7.17. The molecule has 1 aromatic carbocycles. The molecule has 24 heavy (non-hydrogen) atoms. The Labute approximate surface area is 142 Å². The highest BCUT2D eigenvalue weighted by atomic mass is 32.1. The number of rotatable bonds is 3. The van der Waals surface area contributed by atoms with Crippen LogP contribution in [0.2, 0.25) is 0 Å². The van der Waals surface area contributed by atoms with Gasteiger partial charge in [-0.25, -0.2) is 9.37 Å². The van der Waals surface area contributed by atoms with Crippen LogP contribution in [0.25, 0.3) is 4.96 Å². The Morgan fingerprint density at radius 3 is 2.75 bits per heavy atom. The van der Waals surface area contributed by atoms with Gasteiger partial charge in [0.2, 0.25) is 0 Å². The van der Waals surface area contributed by atoms with Crippen LogP contribution < -0.4 is 5.56 Å². The molecule has 0 saturated carbocycles. The zero-order valence-electron chi connectivity index (χ0n) is 13.5. The van der Waals surface area contributed by atoms with Crippen molar-refractivity contribution in [1.29, 1.82) is 0 Å². The van der Waals surface area contributed by atoms with Gasteiger partial charge in [0.05, 0.1) is 0 Å². The number of benzene rings is 1. The molecule has 0 spiro atoms. The first-order valence-corrected chi connectivity index (χ1v) is 8.18. The summed E-state index contributed by atoms with van der Waals surface area (Å²) >= 11 is 1.40. The van der Waals surface area contributed by atoms with Gasteiger partial charge in [-0.1, -0.05) is 18.2 Å². The molecule has 0 atom stereocenters. The molecule has 0 aliphatic carbocycles. The second-order valence-corrected chi connectivity index (χ2v) is 6.77. The molecule has 3 aromatic rings. The third-order valence-electron chi connectivity index (χ3n) is 3.96. The number of hydrogen-bond acceptors (Lipinski definition) is 4. The van der Waals surface area contributed by atoms with Crippen LogP contribution in [0.1, 0.15) is 26.5 Å². The summed E-state index contributed by atoms with van der Waals surface area (Å²) in [5.41, 5.74) is 0.753. The Hall–Kier alpha value is -2.54. The molecule has 124 valence electrons. The van der Waals surface area contributed by atoms with Crippen LogP contribution >= 0.6 is 11.3 Å². The third-order valence-corrected chi connectivity index (χ3v) is 5.03. The first kappa shape index (κ1) is 16.3. The van der Waals surface area contributed by atoms with Crippen molar-refractivity contribution in [3.05, 3.63) is 68.3 Å². The highest BCUT2D eigenvalue weighted by Gasteiger charge is 2.20. The zero-order valence-corrected chi connectivity index (χ0v) is 14.4. The standard InChI is InChI=1S/C17H16FN3O2S/c1-10-11(2)24-17-19-8-13(16(23)21(10)17)15(22)20(3)9-12-6-4-5-7-14(12)18/h4-8H,9H2,1-3H3. The number of carbonyl (C=O) groups is 1. The summed E-state index contributed by atoms with van der Waals surface area (Å²) in [7, 11) is 1.54. The van der Waals surface area contributed by atoms with Crippen LogP contribution in [0, 0.1) is 19.7 Å². The first-order chi connectivity index (χ1) is 11.4. The minimum absolute atomic E-state index is 0.0211. The van der Waals surface area contributed by atoms with Crippen LogP contribution in [0.4, 0.5) is 4.39 Å². The van der Waals surface area contributed by atoms with E-state index in [1.54, 1.807) is 18.2 Å². The van der Waals surface area contributed by atoms with E-state index in [4.69, 9.17) is 0 Å². The Morgan fingerprint density at radius 1 is 1.33 bits per heavy atom. The summed E-state index contributed by atoms with van der Waals surface area (Å²) < 4.78 is 15.2. The van der Waals surface area contributed by atoms with E-state index in [9.17, 15) is 14.0 Å². The van der Waals surface area contributed by atoms with E-state index in [1.807, 2.05) is 13.8 Å². The Kier molecular flexibility index (Phi) is 4.19. The number of halogens is 1. The van der Waals surface area contributed by atoms with Gasteiger partial charge in [0.1, 0.15) is 11.4 Å². The van der Waals surface area contributed by atoms with E-state index in [0.29, 0.717) is 10.5 Å². The van der Waals surface area contributed by atoms with E-state index < -0.39 is 11.5 Å². The molecule has 1 amide bonds. The molecule has 0 bridgehead atoms.